The van der Waals surface area contributed by atoms with Crippen molar-refractivity contribution in [2.45, 2.75) is 6.54 Å². The summed E-state index contributed by atoms with van der Waals surface area (Å²) in [4.78, 5) is 10.4. The quantitative estimate of drug-likeness (QED) is 0.643. The standard InChI is InChI=1S/C6H6BrNO/c7-6(9)5-8-3-1-2-4-8/h1-4H,5H2. The number of carbonyl (C=O) groups excluding carboxylic acids is 1. The highest BCUT2D eigenvalue weighted by Gasteiger charge is 1.93. The van der Waals surface area contributed by atoms with E-state index in [-0.39, 0.29) is 4.69 Å². The Bertz CT molecular complexity index is 193. The molecule has 3 heteroatoms. The highest BCUT2D eigenvalue weighted by Crippen LogP contribution is 1.93. The van der Waals surface area contributed by atoms with Crippen LogP contribution in [-0.2, 0) is 11.3 Å². The highest BCUT2D eigenvalue weighted by atomic mass is 79.9. The van der Waals surface area contributed by atoms with Crippen LogP contribution < -0.4 is 0 Å². The van der Waals surface area contributed by atoms with Crippen LogP contribution in [0.1, 0.15) is 0 Å². The summed E-state index contributed by atoms with van der Waals surface area (Å²) in [5.41, 5.74) is 0. The smallest absolute Gasteiger partial charge is 0.217 e. The van der Waals surface area contributed by atoms with E-state index in [1.807, 2.05) is 24.5 Å². The van der Waals surface area contributed by atoms with Crippen LogP contribution in [0.4, 0.5) is 0 Å². The number of rotatable bonds is 2. The van der Waals surface area contributed by atoms with Crippen molar-refractivity contribution in [2.75, 3.05) is 0 Å². The number of carbonyl (C=O) groups is 1. The van der Waals surface area contributed by atoms with Crippen LogP contribution in [0.3, 0.4) is 0 Å². The monoisotopic (exact) mass is 187 g/mol. The van der Waals surface area contributed by atoms with Crippen molar-refractivity contribution in [3.8, 4) is 0 Å². The van der Waals surface area contributed by atoms with Gasteiger partial charge in [-0.05, 0) is 28.1 Å². The third kappa shape index (κ3) is 2.01. The topological polar surface area (TPSA) is 22.0 Å². The van der Waals surface area contributed by atoms with Gasteiger partial charge in [0, 0.05) is 12.4 Å². The zero-order valence-corrected chi connectivity index (χ0v) is 6.34. The van der Waals surface area contributed by atoms with Gasteiger partial charge in [0.05, 0.1) is 6.54 Å². The molecule has 1 aromatic rings. The highest BCUT2D eigenvalue weighted by molar-refractivity contribution is 9.18. The molecule has 0 bridgehead atoms. The number of aromatic nitrogens is 1. The van der Waals surface area contributed by atoms with Gasteiger partial charge in [-0.1, -0.05) is 0 Å². The molecule has 0 spiro atoms. The van der Waals surface area contributed by atoms with Crippen molar-refractivity contribution >= 4 is 20.6 Å². The molecular weight excluding hydrogens is 182 g/mol. The fraction of sp³-hybridized carbons (Fsp3) is 0.167. The fourth-order valence-electron chi connectivity index (χ4n) is 0.619. The van der Waals surface area contributed by atoms with E-state index in [1.54, 1.807) is 4.57 Å². The van der Waals surface area contributed by atoms with E-state index in [1.165, 1.54) is 0 Å². The molecule has 0 saturated heterocycles. The van der Waals surface area contributed by atoms with Gasteiger partial charge in [-0.25, -0.2) is 0 Å². The maximum absolute atomic E-state index is 10.4. The first-order chi connectivity index (χ1) is 4.29. The minimum Gasteiger partial charge on any atom is -0.346 e. The van der Waals surface area contributed by atoms with E-state index in [2.05, 4.69) is 15.9 Å². The summed E-state index contributed by atoms with van der Waals surface area (Å²) in [5, 5.41) is 0. The molecule has 0 aliphatic carbocycles. The lowest BCUT2D eigenvalue weighted by molar-refractivity contribution is -0.110. The molecular formula is C6H6BrNO. The SMILES string of the molecule is O=C(Br)Cn1cccc1. The molecule has 48 valence electrons. The fourth-order valence-corrected chi connectivity index (χ4v) is 0.909. The predicted molar refractivity (Wildman–Crippen MR) is 38.4 cm³/mol. The molecule has 0 radical (unpaired) electrons. The van der Waals surface area contributed by atoms with Crippen LogP contribution in [0.25, 0.3) is 0 Å². The Hall–Kier alpha value is -0.570. The van der Waals surface area contributed by atoms with Gasteiger partial charge in [0.25, 0.3) is 0 Å². The Kier molecular flexibility index (Phi) is 2.05. The number of nitrogens with zero attached hydrogens (tertiary/aromatic N) is 1. The predicted octanol–water partition coefficient (Wildman–Crippen LogP) is 1.41. The summed E-state index contributed by atoms with van der Waals surface area (Å²) in [6.07, 6.45) is 3.69. The Labute approximate surface area is 61.6 Å². The Balaban J connectivity index is 2.58. The van der Waals surface area contributed by atoms with E-state index in [0.717, 1.165) is 0 Å². The second-order valence-corrected chi connectivity index (χ2v) is 2.59. The molecule has 0 aliphatic heterocycles. The second-order valence-electron chi connectivity index (χ2n) is 1.71. The Morgan fingerprint density at radius 2 is 2.00 bits per heavy atom. The van der Waals surface area contributed by atoms with Gasteiger partial charge in [0.15, 0.2) is 0 Å². The third-order valence-electron chi connectivity index (χ3n) is 0.973. The van der Waals surface area contributed by atoms with Crippen LogP contribution in [-0.4, -0.2) is 9.26 Å². The first-order valence-electron chi connectivity index (χ1n) is 2.58. The molecule has 0 atom stereocenters. The lowest BCUT2D eigenvalue weighted by Gasteiger charge is -1.93. The van der Waals surface area contributed by atoms with E-state index in [4.69, 9.17) is 0 Å². The van der Waals surface area contributed by atoms with Crippen LogP contribution in [0.2, 0.25) is 0 Å². The minimum atomic E-state index is -0.00120. The maximum Gasteiger partial charge on any atom is 0.217 e. The summed E-state index contributed by atoms with van der Waals surface area (Å²) < 4.78 is 1.80. The van der Waals surface area contributed by atoms with Crippen molar-refractivity contribution in [2.24, 2.45) is 0 Å². The van der Waals surface area contributed by atoms with Gasteiger partial charge in [-0.15, -0.1) is 0 Å². The van der Waals surface area contributed by atoms with Gasteiger partial charge in [0.2, 0.25) is 4.69 Å². The van der Waals surface area contributed by atoms with E-state index in [0.29, 0.717) is 6.54 Å². The molecule has 0 saturated carbocycles. The van der Waals surface area contributed by atoms with Crippen molar-refractivity contribution in [1.29, 1.82) is 0 Å². The van der Waals surface area contributed by atoms with E-state index >= 15 is 0 Å². The first kappa shape index (κ1) is 6.55. The van der Waals surface area contributed by atoms with E-state index < -0.39 is 0 Å². The third-order valence-corrected chi connectivity index (χ3v) is 1.22. The first-order valence-corrected chi connectivity index (χ1v) is 3.37. The number of hydrogen-bond acceptors (Lipinski definition) is 1. The largest absolute Gasteiger partial charge is 0.346 e. The lowest BCUT2D eigenvalue weighted by Crippen LogP contribution is -1.99. The van der Waals surface area contributed by atoms with Gasteiger partial charge in [-0.2, -0.15) is 0 Å². The summed E-state index contributed by atoms with van der Waals surface area (Å²) in [5.74, 6) is 0. The van der Waals surface area contributed by atoms with Gasteiger partial charge in [0.1, 0.15) is 0 Å². The molecule has 1 aromatic heterocycles. The molecule has 0 unspecified atom stereocenters. The normalized spacial score (nSPS) is 9.44. The van der Waals surface area contributed by atoms with Gasteiger partial charge >= 0.3 is 0 Å². The van der Waals surface area contributed by atoms with Gasteiger partial charge < -0.3 is 4.57 Å². The van der Waals surface area contributed by atoms with Crippen molar-refractivity contribution in [1.82, 2.24) is 4.57 Å². The zero-order valence-electron chi connectivity index (χ0n) is 4.75. The van der Waals surface area contributed by atoms with Crippen LogP contribution in [0.15, 0.2) is 24.5 Å². The van der Waals surface area contributed by atoms with Crippen molar-refractivity contribution < 1.29 is 4.79 Å². The van der Waals surface area contributed by atoms with Crippen LogP contribution in [0, 0.1) is 0 Å². The van der Waals surface area contributed by atoms with Crippen LogP contribution >= 0.6 is 15.9 Å². The van der Waals surface area contributed by atoms with Crippen molar-refractivity contribution in [3.63, 3.8) is 0 Å². The summed E-state index contributed by atoms with van der Waals surface area (Å²) in [6, 6.07) is 3.77. The molecule has 2 nitrogen and oxygen atoms in total. The Morgan fingerprint density at radius 1 is 1.44 bits per heavy atom. The molecule has 0 N–H and O–H groups in total. The summed E-state index contributed by atoms with van der Waals surface area (Å²) in [7, 11) is 0. The zero-order chi connectivity index (χ0) is 6.69. The maximum atomic E-state index is 10.4. The molecule has 0 amide bonds. The van der Waals surface area contributed by atoms with Crippen LogP contribution in [0.5, 0.6) is 0 Å². The molecule has 0 fully saturated rings. The molecule has 0 aromatic carbocycles. The summed E-state index contributed by atoms with van der Waals surface area (Å²) in [6.45, 7) is 0.410. The molecule has 0 aliphatic rings. The minimum absolute atomic E-state index is 0.00120. The number of hydrogen-bond donors (Lipinski definition) is 0. The molecule has 1 heterocycles. The number of halogens is 1. The average molecular weight is 188 g/mol. The molecule has 9 heavy (non-hydrogen) atoms. The second kappa shape index (κ2) is 2.82. The van der Waals surface area contributed by atoms with E-state index in [9.17, 15) is 4.79 Å². The molecule has 1 rings (SSSR count). The van der Waals surface area contributed by atoms with Gasteiger partial charge in [-0.3, -0.25) is 4.79 Å². The van der Waals surface area contributed by atoms with Crippen molar-refractivity contribution in [3.05, 3.63) is 24.5 Å². The lowest BCUT2D eigenvalue weighted by atomic mass is 10.7. The summed E-state index contributed by atoms with van der Waals surface area (Å²) >= 11 is 2.84. The Morgan fingerprint density at radius 3 is 2.44 bits per heavy atom. The average Bonchev–Trinajstić information content (AvgIpc) is 2.15.